The number of nitrogens with zero attached hydrogens (tertiary/aromatic N) is 1. The molecule has 4 aromatic rings. The summed E-state index contributed by atoms with van der Waals surface area (Å²) in [7, 11) is 0. The van der Waals surface area contributed by atoms with E-state index in [-0.39, 0.29) is 0 Å². The van der Waals surface area contributed by atoms with Crippen molar-refractivity contribution >= 4 is 44.8 Å². The number of benzene rings is 4. The lowest BCUT2D eigenvalue weighted by Crippen LogP contribution is -2.33. The number of amides is 1. The molecule has 0 spiro atoms. The Kier molecular flexibility index (Phi) is 7.57. The van der Waals surface area contributed by atoms with Gasteiger partial charge in [-0.25, -0.2) is 10.2 Å². The third-order valence-electron chi connectivity index (χ3n) is 5.28. The van der Waals surface area contributed by atoms with E-state index in [0.29, 0.717) is 22.6 Å². The van der Waals surface area contributed by atoms with Crippen LogP contribution in [0.1, 0.15) is 28.4 Å². The van der Waals surface area contributed by atoms with Crippen LogP contribution >= 0.6 is 15.9 Å². The summed E-state index contributed by atoms with van der Waals surface area (Å²) in [6, 6.07) is 25.6. The molecule has 0 saturated carbocycles. The Balaban J connectivity index is 1.52. The summed E-state index contributed by atoms with van der Waals surface area (Å²) in [4.78, 5) is 25.2. The van der Waals surface area contributed by atoms with E-state index in [4.69, 9.17) is 9.47 Å². The fourth-order valence-electron chi connectivity index (χ4n) is 3.37. The number of esters is 1. The standard InChI is InChI=1S/C28H23BrN2O4/c1-18-7-9-21(10-8-18)28(33)35-26-16-11-20-5-3-4-6-24(20)25(26)17-30-31-27(32)19(2)34-23-14-12-22(29)13-15-23/h3-17,19H,1-2H3,(H,31,32)/b30-17-/t19-/m0/s1. The van der Waals surface area contributed by atoms with Crippen molar-refractivity contribution in [3.63, 3.8) is 0 Å². The van der Waals surface area contributed by atoms with E-state index in [1.54, 1.807) is 37.3 Å². The molecule has 0 bridgehead atoms. The van der Waals surface area contributed by atoms with Crippen LogP contribution < -0.4 is 14.9 Å². The van der Waals surface area contributed by atoms with Crippen molar-refractivity contribution in [3.05, 3.63) is 106 Å². The first kappa shape index (κ1) is 24.2. The number of halogens is 1. The zero-order valence-electron chi connectivity index (χ0n) is 19.2. The normalized spacial score (nSPS) is 11.9. The average molecular weight is 531 g/mol. The molecule has 0 unspecified atom stereocenters. The lowest BCUT2D eigenvalue weighted by atomic mass is 10.0. The van der Waals surface area contributed by atoms with Crippen LogP contribution in [0.2, 0.25) is 0 Å². The molecule has 0 radical (unpaired) electrons. The molecular weight excluding hydrogens is 508 g/mol. The fourth-order valence-corrected chi connectivity index (χ4v) is 3.63. The van der Waals surface area contributed by atoms with Gasteiger partial charge in [0.1, 0.15) is 11.5 Å². The minimum atomic E-state index is -0.764. The minimum Gasteiger partial charge on any atom is -0.481 e. The van der Waals surface area contributed by atoms with Crippen molar-refractivity contribution in [1.82, 2.24) is 5.43 Å². The molecule has 0 saturated heterocycles. The molecular formula is C28H23BrN2O4. The third kappa shape index (κ3) is 6.13. The number of rotatable bonds is 7. The number of carbonyl (C=O) groups excluding carboxylic acids is 2. The molecule has 0 fully saturated rings. The summed E-state index contributed by atoms with van der Waals surface area (Å²) < 4.78 is 12.3. The molecule has 4 aromatic carbocycles. The van der Waals surface area contributed by atoms with Gasteiger partial charge in [0.05, 0.1) is 11.8 Å². The third-order valence-corrected chi connectivity index (χ3v) is 5.81. The Labute approximate surface area is 211 Å². The van der Waals surface area contributed by atoms with Gasteiger partial charge in [0, 0.05) is 10.0 Å². The van der Waals surface area contributed by atoms with Crippen LogP contribution in [0.25, 0.3) is 10.8 Å². The van der Waals surface area contributed by atoms with Gasteiger partial charge >= 0.3 is 5.97 Å². The molecule has 1 amide bonds. The zero-order valence-corrected chi connectivity index (χ0v) is 20.8. The number of hydrogen-bond acceptors (Lipinski definition) is 5. The molecule has 35 heavy (non-hydrogen) atoms. The lowest BCUT2D eigenvalue weighted by Gasteiger charge is -2.13. The Morgan fingerprint density at radius 1 is 0.943 bits per heavy atom. The Hall–Kier alpha value is -3.97. The highest BCUT2D eigenvalue weighted by atomic mass is 79.9. The summed E-state index contributed by atoms with van der Waals surface area (Å²) in [5.41, 5.74) is 4.57. The van der Waals surface area contributed by atoms with Crippen LogP contribution in [0.3, 0.4) is 0 Å². The van der Waals surface area contributed by atoms with Crippen molar-refractivity contribution in [2.24, 2.45) is 5.10 Å². The SMILES string of the molecule is Cc1ccc(C(=O)Oc2ccc3ccccc3c2/C=N\NC(=O)[C@H](C)Oc2ccc(Br)cc2)cc1. The largest absolute Gasteiger partial charge is 0.481 e. The van der Waals surface area contributed by atoms with Gasteiger partial charge in [-0.15, -0.1) is 0 Å². The smallest absolute Gasteiger partial charge is 0.343 e. The van der Waals surface area contributed by atoms with Crippen LogP contribution in [0.4, 0.5) is 0 Å². The van der Waals surface area contributed by atoms with Gasteiger partial charge in [0.25, 0.3) is 5.91 Å². The highest BCUT2D eigenvalue weighted by molar-refractivity contribution is 9.10. The van der Waals surface area contributed by atoms with Crippen molar-refractivity contribution in [2.75, 3.05) is 0 Å². The van der Waals surface area contributed by atoms with Gasteiger partial charge in [0.2, 0.25) is 0 Å². The first-order valence-corrected chi connectivity index (χ1v) is 11.8. The second-order valence-corrected chi connectivity index (χ2v) is 8.82. The lowest BCUT2D eigenvalue weighted by molar-refractivity contribution is -0.127. The van der Waals surface area contributed by atoms with Crippen LogP contribution in [0.5, 0.6) is 11.5 Å². The summed E-state index contributed by atoms with van der Waals surface area (Å²) in [6.07, 6.45) is 0.712. The van der Waals surface area contributed by atoms with Gasteiger partial charge in [-0.2, -0.15) is 5.10 Å². The second kappa shape index (κ2) is 11.0. The van der Waals surface area contributed by atoms with Crippen molar-refractivity contribution < 1.29 is 19.1 Å². The molecule has 0 heterocycles. The number of ether oxygens (including phenoxy) is 2. The van der Waals surface area contributed by atoms with Crippen LogP contribution in [-0.4, -0.2) is 24.2 Å². The van der Waals surface area contributed by atoms with E-state index >= 15 is 0 Å². The average Bonchev–Trinajstić information content (AvgIpc) is 2.86. The molecule has 0 aliphatic carbocycles. The molecule has 0 aliphatic rings. The first-order valence-electron chi connectivity index (χ1n) is 11.0. The van der Waals surface area contributed by atoms with Gasteiger partial charge in [-0.1, -0.05) is 64.0 Å². The molecule has 176 valence electrons. The van der Waals surface area contributed by atoms with E-state index in [0.717, 1.165) is 20.8 Å². The second-order valence-electron chi connectivity index (χ2n) is 7.90. The van der Waals surface area contributed by atoms with E-state index < -0.39 is 18.0 Å². The molecule has 0 aliphatic heterocycles. The number of fused-ring (bicyclic) bond motifs is 1. The molecule has 1 atom stereocenters. The van der Waals surface area contributed by atoms with Crippen LogP contribution in [0.15, 0.2) is 94.5 Å². The number of aryl methyl sites for hydroxylation is 1. The molecule has 0 aromatic heterocycles. The van der Waals surface area contributed by atoms with E-state index in [2.05, 4.69) is 26.5 Å². The van der Waals surface area contributed by atoms with Gasteiger partial charge in [0.15, 0.2) is 6.10 Å². The van der Waals surface area contributed by atoms with Crippen LogP contribution in [0, 0.1) is 6.92 Å². The quantitative estimate of drug-likeness (QED) is 0.136. The highest BCUT2D eigenvalue weighted by Crippen LogP contribution is 2.27. The highest BCUT2D eigenvalue weighted by Gasteiger charge is 2.16. The molecule has 4 rings (SSSR count). The van der Waals surface area contributed by atoms with Crippen LogP contribution in [-0.2, 0) is 4.79 Å². The number of hydrazone groups is 1. The number of hydrogen-bond donors (Lipinski definition) is 1. The van der Waals surface area contributed by atoms with E-state index in [1.165, 1.54) is 6.21 Å². The Morgan fingerprint density at radius 2 is 1.66 bits per heavy atom. The molecule has 1 N–H and O–H groups in total. The van der Waals surface area contributed by atoms with Gasteiger partial charge < -0.3 is 9.47 Å². The van der Waals surface area contributed by atoms with E-state index in [1.807, 2.05) is 61.5 Å². The summed E-state index contributed by atoms with van der Waals surface area (Å²) in [5.74, 6) is 0.0173. The number of carbonyl (C=O) groups is 2. The maximum atomic E-state index is 12.7. The zero-order chi connectivity index (χ0) is 24.8. The predicted molar refractivity (Wildman–Crippen MR) is 140 cm³/mol. The number of nitrogens with one attached hydrogen (secondary N) is 1. The van der Waals surface area contributed by atoms with Crippen molar-refractivity contribution in [3.8, 4) is 11.5 Å². The predicted octanol–water partition coefficient (Wildman–Crippen LogP) is 6.05. The first-order chi connectivity index (χ1) is 16.9. The summed E-state index contributed by atoms with van der Waals surface area (Å²) in [6.45, 7) is 3.59. The topological polar surface area (TPSA) is 77.0 Å². The molecule has 7 heteroatoms. The monoisotopic (exact) mass is 530 g/mol. The summed E-state index contributed by atoms with van der Waals surface area (Å²) >= 11 is 3.37. The molecule has 6 nitrogen and oxygen atoms in total. The summed E-state index contributed by atoms with van der Waals surface area (Å²) in [5, 5.41) is 5.90. The maximum absolute atomic E-state index is 12.7. The van der Waals surface area contributed by atoms with Gasteiger partial charge in [-0.05, 0) is 67.1 Å². The maximum Gasteiger partial charge on any atom is 0.343 e. The Morgan fingerprint density at radius 3 is 2.40 bits per heavy atom. The minimum absolute atomic E-state index is 0.339. The van der Waals surface area contributed by atoms with Crippen molar-refractivity contribution in [1.29, 1.82) is 0 Å². The van der Waals surface area contributed by atoms with E-state index in [9.17, 15) is 9.59 Å². The van der Waals surface area contributed by atoms with Gasteiger partial charge in [-0.3, -0.25) is 4.79 Å². The Bertz CT molecular complexity index is 1380. The fraction of sp³-hybridized carbons (Fsp3) is 0.107. The van der Waals surface area contributed by atoms with Crippen molar-refractivity contribution in [2.45, 2.75) is 20.0 Å².